The fourth-order valence-electron chi connectivity index (χ4n) is 2.21. The summed E-state index contributed by atoms with van der Waals surface area (Å²) >= 11 is 0. The van der Waals surface area contributed by atoms with Crippen LogP contribution in [0, 0.1) is 20.8 Å². The molecule has 140 valence electrons. The number of carbonyl (C=O) groups is 2. The fourth-order valence-corrected chi connectivity index (χ4v) is 3.34. The summed E-state index contributed by atoms with van der Waals surface area (Å²) in [7, 11) is -2.53. The Morgan fingerprint density at radius 2 is 1.73 bits per heavy atom. The number of nitrogens with one attached hydrogen (secondary N) is 2. The topological polar surface area (TPSA) is 122 Å². The van der Waals surface area contributed by atoms with Crippen LogP contribution >= 0.6 is 0 Å². The smallest absolute Gasteiger partial charge is 0.275 e. The number of benzene rings is 1. The number of carbonyl (C=O) groups excluding carboxylic acids is 2. The van der Waals surface area contributed by atoms with Crippen molar-refractivity contribution in [3.05, 3.63) is 46.8 Å². The summed E-state index contributed by atoms with van der Waals surface area (Å²) < 4.78 is 30.6. The highest BCUT2D eigenvalue weighted by Crippen LogP contribution is 2.14. The molecule has 0 radical (unpaired) electrons. The molecule has 0 aliphatic heterocycles. The third-order valence-corrected chi connectivity index (χ3v) is 5.49. The predicted molar refractivity (Wildman–Crippen MR) is 92.6 cm³/mol. The van der Waals surface area contributed by atoms with Crippen LogP contribution in [0.4, 0.5) is 0 Å². The van der Waals surface area contributed by atoms with Crippen molar-refractivity contribution in [2.45, 2.75) is 25.7 Å². The van der Waals surface area contributed by atoms with Gasteiger partial charge in [-0.25, -0.2) is 8.42 Å². The molecule has 0 bridgehead atoms. The molecule has 2 N–H and O–H groups in total. The summed E-state index contributed by atoms with van der Waals surface area (Å²) in [6.07, 6.45) is 0. The average molecular weight is 380 g/mol. The van der Waals surface area contributed by atoms with Crippen molar-refractivity contribution in [2.24, 2.45) is 0 Å². The van der Waals surface area contributed by atoms with E-state index in [1.807, 2.05) is 6.92 Å². The first-order valence-corrected chi connectivity index (χ1v) is 9.12. The van der Waals surface area contributed by atoms with Gasteiger partial charge in [-0.15, -0.1) is 0 Å². The van der Waals surface area contributed by atoms with Gasteiger partial charge in [-0.3, -0.25) is 20.4 Å². The molecule has 9 nitrogen and oxygen atoms in total. The maximum absolute atomic E-state index is 12.4. The highest BCUT2D eigenvalue weighted by molar-refractivity contribution is 7.89. The Bertz CT molecular complexity index is 899. The average Bonchev–Trinajstić information content (AvgIpc) is 2.91. The Balaban J connectivity index is 1.96. The van der Waals surface area contributed by atoms with Gasteiger partial charge in [0.2, 0.25) is 10.0 Å². The van der Waals surface area contributed by atoms with E-state index in [0.717, 1.165) is 9.87 Å². The number of hydrogen-bond acceptors (Lipinski definition) is 6. The summed E-state index contributed by atoms with van der Waals surface area (Å²) in [5.74, 6) is -0.977. The Labute approximate surface area is 151 Å². The quantitative estimate of drug-likeness (QED) is 0.736. The third-order valence-electron chi connectivity index (χ3n) is 3.67. The second-order valence-corrected chi connectivity index (χ2v) is 7.82. The second kappa shape index (κ2) is 7.67. The number of nitrogens with zero attached hydrogens (tertiary/aromatic N) is 2. The van der Waals surface area contributed by atoms with Gasteiger partial charge in [0.1, 0.15) is 11.3 Å². The molecule has 0 unspecified atom stereocenters. The fraction of sp³-hybridized carbons (Fsp3) is 0.312. The summed E-state index contributed by atoms with van der Waals surface area (Å²) in [4.78, 5) is 24.1. The van der Waals surface area contributed by atoms with Gasteiger partial charge >= 0.3 is 0 Å². The highest BCUT2D eigenvalue weighted by atomic mass is 32.2. The van der Waals surface area contributed by atoms with Crippen LogP contribution in [0.1, 0.15) is 27.4 Å². The molecule has 0 aliphatic rings. The first-order chi connectivity index (χ1) is 12.1. The van der Waals surface area contributed by atoms with E-state index in [-0.39, 0.29) is 10.5 Å². The van der Waals surface area contributed by atoms with Crippen LogP contribution in [0.3, 0.4) is 0 Å². The standard InChI is InChI=1S/C16H20N4O5S/c1-10-5-7-13(8-6-10)26(23,24)20(4)9-14(21)17-18-16(22)15-11(2)19-25-12(15)3/h5-8H,9H2,1-4H3,(H,17,21)(H,18,22). The van der Waals surface area contributed by atoms with E-state index >= 15 is 0 Å². The lowest BCUT2D eigenvalue weighted by Crippen LogP contribution is -2.46. The lowest BCUT2D eigenvalue weighted by Gasteiger charge is -2.17. The molecule has 2 amide bonds. The van der Waals surface area contributed by atoms with Crippen LogP contribution in [0.5, 0.6) is 0 Å². The Kier molecular flexibility index (Phi) is 5.78. The Hall–Kier alpha value is -2.72. The van der Waals surface area contributed by atoms with E-state index in [4.69, 9.17) is 4.52 Å². The van der Waals surface area contributed by atoms with Crippen molar-refractivity contribution in [2.75, 3.05) is 13.6 Å². The maximum atomic E-state index is 12.4. The minimum Gasteiger partial charge on any atom is -0.361 e. The summed E-state index contributed by atoms with van der Waals surface area (Å²) in [6.45, 7) is 4.54. The molecule has 1 heterocycles. The molecule has 26 heavy (non-hydrogen) atoms. The zero-order valence-electron chi connectivity index (χ0n) is 14.9. The highest BCUT2D eigenvalue weighted by Gasteiger charge is 2.23. The van der Waals surface area contributed by atoms with Crippen LogP contribution in [-0.4, -0.2) is 43.3 Å². The van der Waals surface area contributed by atoms with Crippen LogP contribution in [0.15, 0.2) is 33.7 Å². The number of aromatic nitrogens is 1. The van der Waals surface area contributed by atoms with E-state index in [1.54, 1.807) is 26.0 Å². The summed E-state index contributed by atoms with van der Waals surface area (Å²) in [6, 6.07) is 6.28. The molecule has 2 rings (SSSR count). The van der Waals surface area contributed by atoms with Gasteiger partial charge in [0.05, 0.1) is 17.1 Å². The molecular weight excluding hydrogens is 360 g/mol. The molecular formula is C16H20N4O5S. The lowest BCUT2D eigenvalue weighted by atomic mass is 10.2. The molecule has 1 aromatic carbocycles. The number of hydrogen-bond donors (Lipinski definition) is 2. The number of aryl methyl sites for hydroxylation is 3. The largest absolute Gasteiger partial charge is 0.361 e. The molecule has 0 atom stereocenters. The summed E-state index contributed by atoms with van der Waals surface area (Å²) in [5, 5.41) is 3.65. The van der Waals surface area contributed by atoms with Gasteiger partial charge in [0, 0.05) is 7.05 Å². The van der Waals surface area contributed by atoms with Gasteiger partial charge in [0.15, 0.2) is 0 Å². The van der Waals surface area contributed by atoms with Crippen molar-refractivity contribution in [1.82, 2.24) is 20.3 Å². The maximum Gasteiger partial charge on any atom is 0.275 e. The van der Waals surface area contributed by atoms with Gasteiger partial charge < -0.3 is 4.52 Å². The predicted octanol–water partition coefficient (Wildman–Crippen LogP) is 0.682. The minimum absolute atomic E-state index is 0.0816. The summed E-state index contributed by atoms with van der Waals surface area (Å²) in [5.41, 5.74) is 5.90. The number of likely N-dealkylation sites (N-methyl/N-ethyl adjacent to an activating group) is 1. The molecule has 1 aromatic heterocycles. The number of sulfonamides is 1. The molecule has 0 aliphatic carbocycles. The van der Waals surface area contributed by atoms with Crippen molar-refractivity contribution < 1.29 is 22.5 Å². The molecule has 10 heteroatoms. The van der Waals surface area contributed by atoms with E-state index in [2.05, 4.69) is 16.0 Å². The Morgan fingerprint density at radius 1 is 1.12 bits per heavy atom. The van der Waals surface area contributed by atoms with Crippen LogP contribution in [-0.2, 0) is 14.8 Å². The normalized spacial score (nSPS) is 11.4. The monoisotopic (exact) mass is 380 g/mol. The third kappa shape index (κ3) is 4.27. The Morgan fingerprint density at radius 3 is 2.27 bits per heavy atom. The van der Waals surface area contributed by atoms with E-state index in [0.29, 0.717) is 11.5 Å². The zero-order chi connectivity index (χ0) is 19.5. The van der Waals surface area contributed by atoms with Crippen molar-refractivity contribution in [1.29, 1.82) is 0 Å². The van der Waals surface area contributed by atoms with Gasteiger partial charge in [-0.2, -0.15) is 4.31 Å². The first-order valence-electron chi connectivity index (χ1n) is 7.68. The number of rotatable bonds is 5. The number of amides is 2. The van der Waals surface area contributed by atoms with Gasteiger partial charge in [-0.05, 0) is 32.9 Å². The van der Waals surface area contributed by atoms with Crippen molar-refractivity contribution in [3.63, 3.8) is 0 Å². The van der Waals surface area contributed by atoms with E-state index in [9.17, 15) is 18.0 Å². The molecule has 0 spiro atoms. The first kappa shape index (κ1) is 19.6. The van der Waals surface area contributed by atoms with Crippen LogP contribution < -0.4 is 10.9 Å². The second-order valence-electron chi connectivity index (χ2n) is 5.78. The van der Waals surface area contributed by atoms with E-state index < -0.39 is 28.4 Å². The minimum atomic E-state index is -3.81. The van der Waals surface area contributed by atoms with E-state index in [1.165, 1.54) is 19.2 Å². The lowest BCUT2D eigenvalue weighted by molar-refractivity contribution is -0.121. The zero-order valence-corrected chi connectivity index (χ0v) is 15.7. The van der Waals surface area contributed by atoms with Gasteiger partial charge in [0.25, 0.3) is 11.8 Å². The molecule has 0 saturated heterocycles. The van der Waals surface area contributed by atoms with Crippen LogP contribution in [0.25, 0.3) is 0 Å². The molecule has 0 fully saturated rings. The number of hydrazine groups is 1. The molecule has 2 aromatic rings. The molecule has 0 saturated carbocycles. The van der Waals surface area contributed by atoms with Crippen molar-refractivity contribution >= 4 is 21.8 Å². The van der Waals surface area contributed by atoms with Crippen molar-refractivity contribution in [3.8, 4) is 0 Å². The van der Waals surface area contributed by atoms with Gasteiger partial charge in [-0.1, -0.05) is 22.9 Å². The van der Waals surface area contributed by atoms with Crippen LogP contribution in [0.2, 0.25) is 0 Å². The SMILES string of the molecule is Cc1ccc(S(=O)(=O)N(C)CC(=O)NNC(=O)c2c(C)noc2C)cc1.